The second-order valence-corrected chi connectivity index (χ2v) is 4.57. The van der Waals surface area contributed by atoms with E-state index in [0.29, 0.717) is 24.7 Å². The summed E-state index contributed by atoms with van der Waals surface area (Å²) in [6.07, 6.45) is 0.351. The van der Waals surface area contributed by atoms with E-state index in [1.54, 1.807) is 12.1 Å². The highest BCUT2D eigenvalue weighted by Gasteiger charge is 2.18. The average molecular weight is 277 g/mol. The molecule has 6 nitrogen and oxygen atoms in total. The van der Waals surface area contributed by atoms with Gasteiger partial charge in [0.2, 0.25) is 5.89 Å². The van der Waals surface area contributed by atoms with Crippen molar-refractivity contribution in [2.75, 3.05) is 6.61 Å². The zero-order valence-corrected chi connectivity index (χ0v) is 11.6. The van der Waals surface area contributed by atoms with Gasteiger partial charge in [0.1, 0.15) is 11.9 Å². The van der Waals surface area contributed by atoms with Crippen molar-refractivity contribution in [2.45, 2.75) is 32.4 Å². The third-order valence-electron chi connectivity index (χ3n) is 2.95. The first-order valence-electron chi connectivity index (χ1n) is 6.58. The number of ether oxygens (including phenoxy) is 1. The van der Waals surface area contributed by atoms with E-state index >= 15 is 0 Å². The van der Waals surface area contributed by atoms with Gasteiger partial charge in [-0.2, -0.15) is 4.98 Å². The number of hydrogen-bond donors (Lipinski definition) is 2. The fourth-order valence-corrected chi connectivity index (χ4v) is 1.86. The number of phenols is 1. The molecule has 0 amide bonds. The van der Waals surface area contributed by atoms with Gasteiger partial charge in [-0.15, -0.1) is 0 Å². The molecule has 0 aliphatic heterocycles. The predicted molar refractivity (Wildman–Crippen MR) is 73.1 cm³/mol. The number of hydrogen-bond acceptors (Lipinski definition) is 6. The predicted octanol–water partition coefficient (Wildman–Crippen LogP) is 2.12. The second kappa shape index (κ2) is 6.49. The molecular weight excluding hydrogens is 258 g/mol. The molecule has 1 aromatic heterocycles. The topological polar surface area (TPSA) is 94.4 Å². The van der Waals surface area contributed by atoms with Gasteiger partial charge in [0, 0.05) is 6.61 Å². The van der Waals surface area contributed by atoms with E-state index in [9.17, 15) is 5.11 Å². The quantitative estimate of drug-likeness (QED) is 0.839. The van der Waals surface area contributed by atoms with Crippen LogP contribution in [-0.4, -0.2) is 21.9 Å². The minimum absolute atomic E-state index is 0.210. The van der Waals surface area contributed by atoms with E-state index in [1.165, 1.54) is 0 Å². The molecule has 2 aromatic rings. The summed E-state index contributed by atoms with van der Waals surface area (Å²) >= 11 is 0. The highest BCUT2D eigenvalue weighted by molar-refractivity contribution is 5.26. The number of benzene rings is 1. The third kappa shape index (κ3) is 3.55. The largest absolute Gasteiger partial charge is 0.508 e. The van der Waals surface area contributed by atoms with Crippen LogP contribution in [-0.2, 0) is 11.2 Å². The Kier molecular flexibility index (Phi) is 4.70. The van der Waals surface area contributed by atoms with Crippen molar-refractivity contribution in [1.29, 1.82) is 0 Å². The molecule has 0 bridgehead atoms. The first-order chi connectivity index (χ1) is 9.60. The Bertz CT molecular complexity index is 539. The number of nitrogens with two attached hydrogens (primary N) is 1. The highest BCUT2D eigenvalue weighted by atomic mass is 16.5. The average Bonchev–Trinajstić information content (AvgIpc) is 2.91. The second-order valence-electron chi connectivity index (χ2n) is 4.57. The first kappa shape index (κ1) is 14.5. The molecule has 20 heavy (non-hydrogen) atoms. The molecule has 1 unspecified atom stereocenters. The Balaban J connectivity index is 2.02. The van der Waals surface area contributed by atoms with Crippen molar-refractivity contribution in [3.05, 3.63) is 41.5 Å². The van der Waals surface area contributed by atoms with Gasteiger partial charge in [-0.3, -0.25) is 0 Å². The van der Waals surface area contributed by atoms with Gasteiger partial charge in [0.05, 0.1) is 6.04 Å². The Morgan fingerprint density at radius 2 is 2.05 bits per heavy atom. The van der Waals surface area contributed by atoms with Crippen molar-refractivity contribution >= 4 is 0 Å². The van der Waals surface area contributed by atoms with Crippen LogP contribution in [0.2, 0.25) is 0 Å². The minimum Gasteiger partial charge on any atom is -0.508 e. The van der Waals surface area contributed by atoms with Crippen molar-refractivity contribution in [3.63, 3.8) is 0 Å². The number of aromatic hydroxyl groups is 1. The molecule has 1 heterocycles. The van der Waals surface area contributed by atoms with E-state index in [2.05, 4.69) is 10.1 Å². The maximum absolute atomic E-state index is 9.24. The highest BCUT2D eigenvalue weighted by Crippen LogP contribution is 2.19. The van der Waals surface area contributed by atoms with Crippen LogP contribution < -0.4 is 5.73 Å². The summed E-state index contributed by atoms with van der Waals surface area (Å²) in [6, 6.07) is 6.50. The lowest BCUT2D eigenvalue weighted by atomic mass is 10.1. The third-order valence-corrected chi connectivity index (χ3v) is 2.95. The lowest BCUT2D eigenvalue weighted by molar-refractivity contribution is 0.0683. The molecule has 0 spiro atoms. The van der Waals surface area contributed by atoms with Crippen LogP contribution in [0.25, 0.3) is 0 Å². The molecule has 6 heteroatoms. The standard InChI is InChI=1S/C14H19N3O3/c1-3-19-9(2)13-16-14(20-17-13)12(15)8-10-4-6-11(18)7-5-10/h4-7,9,12,18H,3,8,15H2,1-2H3/t9?,12-/m1/s1. The summed E-state index contributed by atoms with van der Waals surface area (Å²) in [5.41, 5.74) is 7.05. The lowest BCUT2D eigenvalue weighted by Gasteiger charge is -2.07. The van der Waals surface area contributed by atoms with E-state index in [0.717, 1.165) is 5.56 Å². The molecule has 0 aliphatic carbocycles. The smallest absolute Gasteiger partial charge is 0.243 e. The Hall–Kier alpha value is -1.92. The summed E-state index contributed by atoms with van der Waals surface area (Å²) < 4.78 is 10.6. The maximum atomic E-state index is 9.24. The molecule has 0 radical (unpaired) electrons. The number of aromatic nitrogens is 2. The van der Waals surface area contributed by atoms with Crippen molar-refractivity contribution in [3.8, 4) is 5.75 Å². The van der Waals surface area contributed by atoms with Crippen LogP contribution in [0.1, 0.15) is 43.3 Å². The van der Waals surface area contributed by atoms with Crippen LogP contribution in [0.3, 0.4) is 0 Å². The fraction of sp³-hybridized carbons (Fsp3) is 0.429. The summed E-state index contributed by atoms with van der Waals surface area (Å²) in [5.74, 6) is 1.12. The van der Waals surface area contributed by atoms with Crippen LogP contribution in [0.15, 0.2) is 28.8 Å². The van der Waals surface area contributed by atoms with Gasteiger partial charge in [-0.05, 0) is 38.0 Å². The maximum Gasteiger partial charge on any atom is 0.243 e. The van der Waals surface area contributed by atoms with Crippen molar-refractivity contribution < 1.29 is 14.4 Å². The van der Waals surface area contributed by atoms with E-state index in [-0.39, 0.29) is 17.9 Å². The zero-order valence-electron chi connectivity index (χ0n) is 11.6. The van der Waals surface area contributed by atoms with Gasteiger partial charge >= 0.3 is 0 Å². The van der Waals surface area contributed by atoms with Gasteiger partial charge < -0.3 is 20.1 Å². The van der Waals surface area contributed by atoms with Gasteiger partial charge in [-0.25, -0.2) is 0 Å². The van der Waals surface area contributed by atoms with Gasteiger partial charge in [0.15, 0.2) is 5.82 Å². The molecule has 0 aliphatic rings. The van der Waals surface area contributed by atoms with Gasteiger partial charge in [-0.1, -0.05) is 17.3 Å². The summed E-state index contributed by atoms with van der Waals surface area (Å²) in [6.45, 7) is 4.36. The molecular formula is C14H19N3O3. The molecule has 0 saturated carbocycles. The SMILES string of the molecule is CCOC(C)c1noc([C@H](N)Cc2ccc(O)cc2)n1. The zero-order chi connectivity index (χ0) is 14.5. The fourth-order valence-electron chi connectivity index (χ4n) is 1.86. The molecule has 0 saturated heterocycles. The molecule has 2 rings (SSSR count). The Labute approximate surface area is 117 Å². The van der Waals surface area contributed by atoms with Crippen LogP contribution >= 0.6 is 0 Å². The van der Waals surface area contributed by atoms with Crippen LogP contribution in [0, 0.1) is 0 Å². The van der Waals surface area contributed by atoms with E-state index in [4.69, 9.17) is 15.0 Å². The minimum atomic E-state index is -0.380. The van der Waals surface area contributed by atoms with Crippen molar-refractivity contribution in [2.24, 2.45) is 5.73 Å². The lowest BCUT2D eigenvalue weighted by Crippen LogP contribution is -2.14. The molecule has 1 aromatic carbocycles. The van der Waals surface area contributed by atoms with Gasteiger partial charge in [0.25, 0.3) is 0 Å². The summed E-state index contributed by atoms with van der Waals surface area (Å²) in [7, 11) is 0. The molecule has 2 atom stereocenters. The number of rotatable bonds is 6. The molecule has 0 fully saturated rings. The van der Waals surface area contributed by atoms with Crippen molar-refractivity contribution in [1.82, 2.24) is 10.1 Å². The molecule has 108 valence electrons. The van der Waals surface area contributed by atoms with E-state index < -0.39 is 0 Å². The Morgan fingerprint density at radius 1 is 1.35 bits per heavy atom. The van der Waals surface area contributed by atoms with Crippen LogP contribution in [0.5, 0.6) is 5.75 Å². The van der Waals surface area contributed by atoms with Crippen LogP contribution in [0.4, 0.5) is 0 Å². The Morgan fingerprint density at radius 3 is 2.70 bits per heavy atom. The number of phenolic OH excluding ortho intramolecular Hbond substituents is 1. The first-order valence-corrected chi connectivity index (χ1v) is 6.58. The van der Waals surface area contributed by atoms with E-state index in [1.807, 2.05) is 26.0 Å². The normalized spacial score (nSPS) is 14.2. The summed E-state index contributed by atoms with van der Waals surface area (Å²) in [5, 5.41) is 13.1. The monoisotopic (exact) mass is 277 g/mol. The number of nitrogens with zero attached hydrogens (tertiary/aromatic N) is 2. The summed E-state index contributed by atoms with van der Waals surface area (Å²) in [4.78, 5) is 4.27. The molecule has 3 N–H and O–H groups in total.